The summed E-state index contributed by atoms with van der Waals surface area (Å²) in [5, 5.41) is 10.8. The van der Waals surface area contributed by atoms with Crippen LogP contribution in [0.15, 0.2) is 24.5 Å². The van der Waals surface area contributed by atoms with E-state index in [1.54, 1.807) is 6.07 Å². The van der Waals surface area contributed by atoms with Crippen LogP contribution in [-0.2, 0) is 6.50 Å². The van der Waals surface area contributed by atoms with E-state index in [2.05, 4.69) is 20.5 Å². The standard InChI is InChI=1S/C27H32F4N8O2/c1-2-38-20(24(32)40)10-18(36-38)22(15-5-7-26(28,29)8-6-15)19-12-39-21(35-19)9-17(11-34-39)23(16-3-4-16)37-14-27(30,31)13-33-25(37)41/h9-12,15-16,22-23H,2-8,13-14H2,1H3,(H2,32,40)(H,33,41)/t22-,23-/m1/s1/i1D3,2D2. The molecule has 3 N–H and O–H groups in total. The van der Waals surface area contributed by atoms with Gasteiger partial charge in [-0.05, 0) is 62.1 Å². The lowest BCUT2D eigenvalue weighted by atomic mass is 9.76. The second kappa shape index (κ2) is 9.98. The minimum Gasteiger partial charge on any atom is -0.364 e. The Morgan fingerprint density at radius 3 is 2.61 bits per heavy atom. The summed E-state index contributed by atoms with van der Waals surface area (Å²) in [4.78, 5) is 30.8. The Kier molecular flexibility index (Phi) is 5.35. The number of rotatable bonds is 8. The minimum atomic E-state index is -3.24. The molecule has 0 unspecified atom stereocenters. The van der Waals surface area contributed by atoms with E-state index in [1.807, 2.05) is 0 Å². The van der Waals surface area contributed by atoms with Crippen molar-refractivity contribution in [1.82, 2.24) is 34.6 Å². The zero-order chi connectivity index (χ0) is 33.4. The monoisotopic (exact) mass is 581 g/mol. The van der Waals surface area contributed by atoms with Gasteiger partial charge in [0.25, 0.3) is 11.8 Å². The number of nitrogens with zero attached hydrogens (tertiary/aromatic N) is 6. The molecule has 1 aliphatic heterocycles. The lowest BCUT2D eigenvalue weighted by Crippen LogP contribution is -2.58. The fourth-order valence-corrected chi connectivity index (χ4v) is 6.09. The molecular weight excluding hydrogens is 544 g/mol. The van der Waals surface area contributed by atoms with E-state index in [4.69, 9.17) is 12.6 Å². The Hall–Kier alpha value is -3.71. The highest BCUT2D eigenvalue weighted by Gasteiger charge is 2.47. The van der Waals surface area contributed by atoms with Gasteiger partial charge < -0.3 is 16.0 Å². The molecule has 3 aliphatic rings. The molecule has 1 saturated heterocycles. The number of nitrogens with two attached hydrogens (primary N) is 1. The number of imidazole rings is 1. The van der Waals surface area contributed by atoms with Gasteiger partial charge in [0.1, 0.15) is 5.69 Å². The van der Waals surface area contributed by atoms with Gasteiger partial charge in [-0.1, -0.05) is 0 Å². The molecule has 0 radical (unpaired) electrons. The molecule has 10 nitrogen and oxygen atoms in total. The Morgan fingerprint density at radius 1 is 1.17 bits per heavy atom. The van der Waals surface area contributed by atoms with Gasteiger partial charge in [0.2, 0.25) is 5.92 Å². The highest BCUT2D eigenvalue weighted by molar-refractivity contribution is 5.91. The zero-order valence-corrected chi connectivity index (χ0v) is 21.9. The molecular formula is C27H32F4N8O2. The molecule has 220 valence electrons. The highest BCUT2D eigenvalue weighted by atomic mass is 19.3. The van der Waals surface area contributed by atoms with Crippen molar-refractivity contribution < 1.29 is 34.0 Å². The maximum atomic E-state index is 14.3. The first-order valence-corrected chi connectivity index (χ1v) is 13.4. The smallest absolute Gasteiger partial charge is 0.318 e. The normalized spacial score (nSPS) is 24.9. The van der Waals surface area contributed by atoms with Crippen molar-refractivity contribution in [2.75, 3.05) is 13.1 Å². The molecule has 3 aromatic rings. The number of carbonyl (C=O) groups excluding carboxylic acids is 2. The van der Waals surface area contributed by atoms with Gasteiger partial charge in [0, 0.05) is 29.4 Å². The maximum absolute atomic E-state index is 14.3. The van der Waals surface area contributed by atoms with Crippen molar-refractivity contribution in [3.63, 3.8) is 0 Å². The number of nitrogens with one attached hydrogen (secondary N) is 1. The number of halogens is 4. The van der Waals surface area contributed by atoms with Crippen molar-refractivity contribution in [3.05, 3.63) is 47.2 Å². The summed E-state index contributed by atoms with van der Waals surface area (Å²) in [5.41, 5.74) is 6.01. The third kappa shape index (κ3) is 5.35. The zero-order valence-electron chi connectivity index (χ0n) is 26.9. The molecule has 0 spiro atoms. The van der Waals surface area contributed by atoms with E-state index in [1.165, 1.54) is 16.9 Å². The first kappa shape index (κ1) is 22.0. The van der Waals surface area contributed by atoms with Crippen LogP contribution in [0.4, 0.5) is 22.4 Å². The quantitative estimate of drug-likeness (QED) is 0.388. The molecule has 14 heteroatoms. The Morgan fingerprint density at radius 2 is 1.93 bits per heavy atom. The Labute approximate surface area is 240 Å². The van der Waals surface area contributed by atoms with E-state index < -0.39 is 86.6 Å². The molecule has 41 heavy (non-hydrogen) atoms. The van der Waals surface area contributed by atoms with Crippen LogP contribution in [0.3, 0.4) is 0 Å². The molecule has 2 saturated carbocycles. The number of fused-ring (bicyclic) bond motifs is 1. The lowest BCUT2D eigenvalue weighted by Gasteiger charge is -2.38. The first-order valence-electron chi connectivity index (χ1n) is 15.9. The van der Waals surface area contributed by atoms with Gasteiger partial charge in [-0.15, -0.1) is 0 Å². The summed E-state index contributed by atoms with van der Waals surface area (Å²) in [6.07, 6.45) is 3.62. The Balaban J connectivity index is 1.42. The minimum absolute atomic E-state index is 0.0175. The second-order valence-electron chi connectivity index (χ2n) is 11.2. The van der Waals surface area contributed by atoms with Crippen LogP contribution in [0.2, 0.25) is 0 Å². The number of aryl methyl sites for hydroxylation is 1. The van der Waals surface area contributed by atoms with Gasteiger partial charge >= 0.3 is 6.03 Å². The van der Waals surface area contributed by atoms with E-state index in [0.717, 1.165) is 23.8 Å². The first-order chi connectivity index (χ1) is 21.4. The SMILES string of the molecule is [2H]C([2H])([2H])C([2H])([2H])n1nc([C@H](c2cn3ncc([C@@H](C4CC4)N4CC(F)(F)CNC4=O)cc3n2)C2CCC(F)(F)CC2)cc1C(N)=O. The molecule has 4 heterocycles. The number of aromatic nitrogens is 5. The van der Waals surface area contributed by atoms with Crippen LogP contribution < -0.4 is 11.1 Å². The average molecular weight is 582 g/mol. The van der Waals surface area contributed by atoms with Gasteiger partial charge in [0.15, 0.2) is 5.65 Å². The number of hydrogen-bond donors (Lipinski definition) is 2. The fraction of sp³-hybridized carbons (Fsp3) is 0.593. The Bertz CT molecular complexity index is 1660. The van der Waals surface area contributed by atoms with Crippen LogP contribution >= 0.6 is 0 Å². The number of primary amides is 1. The second-order valence-corrected chi connectivity index (χ2v) is 11.2. The number of urea groups is 1. The number of amides is 3. The van der Waals surface area contributed by atoms with Gasteiger partial charge in [0.05, 0.1) is 45.7 Å². The highest BCUT2D eigenvalue weighted by Crippen LogP contribution is 2.47. The summed E-state index contributed by atoms with van der Waals surface area (Å²) in [6.45, 7) is -7.88. The lowest BCUT2D eigenvalue weighted by molar-refractivity contribution is -0.0476. The van der Waals surface area contributed by atoms with Crippen LogP contribution in [0, 0.1) is 11.8 Å². The predicted octanol–water partition coefficient (Wildman–Crippen LogP) is 4.11. The van der Waals surface area contributed by atoms with E-state index in [0.29, 0.717) is 10.2 Å². The summed E-state index contributed by atoms with van der Waals surface area (Å²) in [7, 11) is 0. The van der Waals surface area contributed by atoms with Crippen molar-refractivity contribution in [2.45, 2.75) is 75.7 Å². The largest absolute Gasteiger partial charge is 0.364 e. The number of hydrogen-bond acceptors (Lipinski definition) is 5. The van der Waals surface area contributed by atoms with Gasteiger partial charge in [-0.25, -0.2) is 31.9 Å². The molecule has 0 bridgehead atoms. The molecule has 3 amide bonds. The molecule has 6 rings (SSSR count). The summed E-state index contributed by atoms with van der Waals surface area (Å²) < 4.78 is 98.2. The van der Waals surface area contributed by atoms with Crippen molar-refractivity contribution >= 4 is 17.6 Å². The van der Waals surface area contributed by atoms with Crippen LogP contribution in [0.25, 0.3) is 5.65 Å². The van der Waals surface area contributed by atoms with Crippen LogP contribution in [-0.4, -0.2) is 66.2 Å². The van der Waals surface area contributed by atoms with Crippen molar-refractivity contribution in [2.24, 2.45) is 17.6 Å². The third-order valence-corrected chi connectivity index (χ3v) is 8.22. The molecule has 2 atom stereocenters. The summed E-state index contributed by atoms with van der Waals surface area (Å²) in [5.74, 6) is -8.60. The molecule has 2 aliphatic carbocycles. The van der Waals surface area contributed by atoms with Gasteiger partial charge in [-0.3, -0.25) is 9.48 Å². The maximum Gasteiger partial charge on any atom is 0.318 e. The molecule has 3 fully saturated rings. The van der Waals surface area contributed by atoms with Crippen LogP contribution in [0.1, 0.15) is 91.6 Å². The van der Waals surface area contributed by atoms with E-state index in [-0.39, 0.29) is 35.8 Å². The van der Waals surface area contributed by atoms with Crippen LogP contribution in [0.5, 0.6) is 0 Å². The number of alkyl halides is 4. The summed E-state index contributed by atoms with van der Waals surface area (Å²) >= 11 is 0. The van der Waals surface area contributed by atoms with Crippen molar-refractivity contribution in [3.8, 4) is 0 Å². The predicted molar refractivity (Wildman–Crippen MR) is 139 cm³/mol. The number of carbonyl (C=O) groups is 2. The van der Waals surface area contributed by atoms with Gasteiger partial charge in [-0.2, -0.15) is 10.2 Å². The van der Waals surface area contributed by atoms with E-state index in [9.17, 15) is 27.2 Å². The van der Waals surface area contributed by atoms with E-state index >= 15 is 0 Å². The molecule has 3 aromatic heterocycles. The fourth-order valence-electron chi connectivity index (χ4n) is 6.09. The molecule has 0 aromatic carbocycles. The third-order valence-electron chi connectivity index (χ3n) is 8.22. The average Bonchev–Trinajstić information content (AvgIpc) is 3.53. The van der Waals surface area contributed by atoms with Crippen molar-refractivity contribution in [1.29, 1.82) is 0 Å². The summed E-state index contributed by atoms with van der Waals surface area (Å²) in [6, 6.07) is 1.48. The topological polar surface area (TPSA) is 123 Å².